The van der Waals surface area contributed by atoms with Gasteiger partial charge in [-0.05, 0) is 7.05 Å². The SMILES string of the molecule is CN1CC(CN2CC(CO)CC2=O)C1. The number of carbonyl (C=O) groups is 1. The minimum absolute atomic E-state index is 0.146. The summed E-state index contributed by atoms with van der Waals surface area (Å²) in [5.41, 5.74) is 0. The third kappa shape index (κ3) is 1.91. The molecule has 2 heterocycles. The van der Waals surface area contributed by atoms with Crippen molar-refractivity contribution in [3.63, 3.8) is 0 Å². The largest absolute Gasteiger partial charge is 0.396 e. The first-order valence-electron chi connectivity index (χ1n) is 5.26. The Labute approximate surface area is 84.5 Å². The van der Waals surface area contributed by atoms with Crippen LogP contribution in [0.4, 0.5) is 0 Å². The Morgan fingerprint density at radius 2 is 2.07 bits per heavy atom. The van der Waals surface area contributed by atoms with Crippen LogP contribution in [0.25, 0.3) is 0 Å². The normalized spacial score (nSPS) is 29.7. The molecule has 4 heteroatoms. The molecule has 0 aliphatic carbocycles. The first-order chi connectivity index (χ1) is 6.69. The lowest BCUT2D eigenvalue weighted by molar-refractivity contribution is -0.128. The van der Waals surface area contributed by atoms with Crippen LogP contribution in [-0.2, 0) is 4.79 Å². The van der Waals surface area contributed by atoms with Crippen molar-refractivity contribution in [3.8, 4) is 0 Å². The molecule has 14 heavy (non-hydrogen) atoms. The fraction of sp³-hybridized carbons (Fsp3) is 0.900. The van der Waals surface area contributed by atoms with Crippen molar-refractivity contribution in [1.29, 1.82) is 0 Å². The zero-order valence-corrected chi connectivity index (χ0v) is 8.65. The lowest BCUT2D eigenvalue weighted by Gasteiger charge is -2.38. The Hall–Kier alpha value is -0.610. The zero-order chi connectivity index (χ0) is 10.1. The number of nitrogens with zero attached hydrogens (tertiary/aromatic N) is 2. The second kappa shape index (κ2) is 3.87. The molecule has 0 aromatic carbocycles. The minimum Gasteiger partial charge on any atom is -0.396 e. The molecule has 2 saturated heterocycles. The summed E-state index contributed by atoms with van der Waals surface area (Å²) in [5, 5.41) is 8.96. The van der Waals surface area contributed by atoms with E-state index in [4.69, 9.17) is 5.11 Å². The maximum Gasteiger partial charge on any atom is 0.223 e. The highest BCUT2D eigenvalue weighted by molar-refractivity contribution is 5.78. The summed E-state index contributed by atoms with van der Waals surface area (Å²) in [6, 6.07) is 0. The van der Waals surface area contributed by atoms with Crippen molar-refractivity contribution in [2.45, 2.75) is 6.42 Å². The van der Waals surface area contributed by atoms with Gasteiger partial charge in [-0.2, -0.15) is 0 Å². The molecule has 2 aliphatic heterocycles. The molecule has 0 spiro atoms. The molecule has 4 nitrogen and oxygen atoms in total. The number of hydrogen-bond donors (Lipinski definition) is 1. The topological polar surface area (TPSA) is 43.8 Å². The van der Waals surface area contributed by atoms with E-state index < -0.39 is 0 Å². The van der Waals surface area contributed by atoms with E-state index in [0.717, 1.165) is 26.2 Å². The van der Waals surface area contributed by atoms with Gasteiger partial charge in [0.1, 0.15) is 0 Å². The maximum absolute atomic E-state index is 11.5. The van der Waals surface area contributed by atoms with E-state index in [1.807, 2.05) is 4.90 Å². The van der Waals surface area contributed by atoms with Crippen LogP contribution in [0.3, 0.4) is 0 Å². The van der Waals surface area contributed by atoms with Gasteiger partial charge in [-0.15, -0.1) is 0 Å². The van der Waals surface area contributed by atoms with Gasteiger partial charge in [0, 0.05) is 51.0 Å². The van der Waals surface area contributed by atoms with Crippen LogP contribution >= 0.6 is 0 Å². The summed E-state index contributed by atoms with van der Waals surface area (Å²) in [4.78, 5) is 15.7. The highest BCUT2D eigenvalue weighted by atomic mass is 16.3. The number of amides is 1. The smallest absolute Gasteiger partial charge is 0.223 e. The van der Waals surface area contributed by atoms with Gasteiger partial charge in [-0.25, -0.2) is 0 Å². The van der Waals surface area contributed by atoms with E-state index in [0.29, 0.717) is 12.3 Å². The van der Waals surface area contributed by atoms with Crippen LogP contribution in [0.5, 0.6) is 0 Å². The summed E-state index contributed by atoms with van der Waals surface area (Å²) >= 11 is 0. The summed E-state index contributed by atoms with van der Waals surface area (Å²) in [5.74, 6) is 1.06. The molecule has 80 valence electrons. The van der Waals surface area contributed by atoms with E-state index in [-0.39, 0.29) is 18.4 Å². The molecule has 2 rings (SSSR count). The van der Waals surface area contributed by atoms with Crippen LogP contribution in [0.1, 0.15) is 6.42 Å². The van der Waals surface area contributed by atoms with Gasteiger partial charge >= 0.3 is 0 Å². The number of carbonyl (C=O) groups excluding carboxylic acids is 1. The number of aliphatic hydroxyl groups is 1. The van der Waals surface area contributed by atoms with Crippen LogP contribution in [0.15, 0.2) is 0 Å². The number of aliphatic hydroxyl groups excluding tert-OH is 1. The monoisotopic (exact) mass is 198 g/mol. The van der Waals surface area contributed by atoms with E-state index in [1.165, 1.54) is 0 Å². The highest BCUT2D eigenvalue weighted by Gasteiger charge is 2.33. The Bertz CT molecular complexity index is 226. The Morgan fingerprint density at radius 3 is 2.57 bits per heavy atom. The fourth-order valence-electron chi connectivity index (χ4n) is 2.41. The molecule has 1 N–H and O–H groups in total. The molecule has 0 aromatic rings. The predicted octanol–water partition coefficient (Wildman–Crippen LogP) is -0.611. The fourth-order valence-corrected chi connectivity index (χ4v) is 2.41. The lowest BCUT2D eigenvalue weighted by Crippen LogP contribution is -2.49. The van der Waals surface area contributed by atoms with Crippen molar-refractivity contribution in [3.05, 3.63) is 0 Å². The van der Waals surface area contributed by atoms with E-state index in [2.05, 4.69) is 11.9 Å². The number of rotatable bonds is 3. The summed E-state index contributed by atoms with van der Waals surface area (Å²) in [6.07, 6.45) is 0.541. The van der Waals surface area contributed by atoms with Gasteiger partial charge in [-0.3, -0.25) is 4.79 Å². The van der Waals surface area contributed by atoms with Gasteiger partial charge in [0.25, 0.3) is 0 Å². The standard InChI is InChI=1S/C10H18N2O2/c1-11-3-9(4-11)6-12-5-8(7-13)2-10(12)14/h8-9,13H,2-7H2,1H3. The van der Waals surface area contributed by atoms with Gasteiger partial charge in [-0.1, -0.05) is 0 Å². The van der Waals surface area contributed by atoms with Gasteiger partial charge in [0.05, 0.1) is 0 Å². The van der Waals surface area contributed by atoms with Crippen molar-refractivity contribution >= 4 is 5.91 Å². The quantitative estimate of drug-likeness (QED) is 0.658. The number of hydrogen-bond acceptors (Lipinski definition) is 3. The predicted molar refractivity (Wildman–Crippen MR) is 52.8 cm³/mol. The lowest BCUT2D eigenvalue weighted by atomic mass is 10.0. The van der Waals surface area contributed by atoms with Gasteiger partial charge < -0.3 is 14.9 Å². The highest BCUT2D eigenvalue weighted by Crippen LogP contribution is 2.21. The summed E-state index contributed by atoms with van der Waals surface area (Å²) < 4.78 is 0. The van der Waals surface area contributed by atoms with Crippen LogP contribution in [0, 0.1) is 11.8 Å². The van der Waals surface area contributed by atoms with Crippen molar-refractivity contribution in [2.24, 2.45) is 11.8 Å². The molecular weight excluding hydrogens is 180 g/mol. The van der Waals surface area contributed by atoms with Crippen LogP contribution in [-0.4, -0.2) is 60.6 Å². The van der Waals surface area contributed by atoms with E-state index in [1.54, 1.807) is 0 Å². The molecule has 2 fully saturated rings. The van der Waals surface area contributed by atoms with Crippen molar-refractivity contribution in [2.75, 3.05) is 39.8 Å². The molecule has 0 bridgehead atoms. The second-order valence-electron chi connectivity index (χ2n) is 4.64. The van der Waals surface area contributed by atoms with Crippen molar-refractivity contribution < 1.29 is 9.90 Å². The Morgan fingerprint density at radius 1 is 1.36 bits per heavy atom. The zero-order valence-electron chi connectivity index (χ0n) is 8.65. The first kappa shape index (κ1) is 9.93. The molecule has 1 unspecified atom stereocenters. The second-order valence-corrected chi connectivity index (χ2v) is 4.64. The van der Waals surface area contributed by atoms with Crippen LogP contribution in [0.2, 0.25) is 0 Å². The van der Waals surface area contributed by atoms with Gasteiger partial charge in [0.15, 0.2) is 0 Å². The summed E-state index contributed by atoms with van der Waals surface area (Å²) in [7, 11) is 2.10. The maximum atomic E-state index is 11.5. The molecule has 1 atom stereocenters. The number of likely N-dealkylation sites (tertiary alicyclic amines) is 2. The minimum atomic E-state index is 0.146. The summed E-state index contributed by atoms with van der Waals surface area (Å²) in [6.45, 7) is 4.00. The van der Waals surface area contributed by atoms with E-state index >= 15 is 0 Å². The molecule has 1 amide bonds. The van der Waals surface area contributed by atoms with Crippen molar-refractivity contribution in [1.82, 2.24) is 9.80 Å². The molecule has 0 saturated carbocycles. The molecule has 0 aromatic heterocycles. The Kier molecular flexibility index (Phi) is 2.74. The molecular formula is C10H18N2O2. The average molecular weight is 198 g/mol. The van der Waals surface area contributed by atoms with Gasteiger partial charge in [0.2, 0.25) is 5.91 Å². The van der Waals surface area contributed by atoms with E-state index in [9.17, 15) is 4.79 Å². The Balaban J connectivity index is 1.78. The molecule has 2 aliphatic rings. The first-order valence-corrected chi connectivity index (χ1v) is 5.26. The third-order valence-electron chi connectivity index (χ3n) is 3.17. The molecule has 0 radical (unpaired) electrons. The third-order valence-corrected chi connectivity index (χ3v) is 3.17. The average Bonchev–Trinajstić information content (AvgIpc) is 2.45. The van der Waals surface area contributed by atoms with Crippen LogP contribution < -0.4 is 0 Å².